The Morgan fingerprint density at radius 3 is 2.41 bits per heavy atom. The van der Waals surface area contributed by atoms with Gasteiger partial charge in [0.2, 0.25) is 0 Å². The average molecular weight is 392 g/mol. The molecule has 2 atom stereocenters. The number of rotatable bonds is 8. The molecule has 0 fully saturated rings. The number of aliphatic hydroxyl groups is 1. The molecule has 124 valence electrons. The van der Waals surface area contributed by atoms with E-state index in [9.17, 15) is 9.90 Å². The zero-order valence-corrected chi connectivity index (χ0v) is 15.7. The molecule has 1 rings (SSSR count). The van der Waals surface area contributed by atoms with Gasteiger partial charge < -0.3 is 9.84 Å². The van der Waals surface area contributed by atoms with Gasteiger partial charge in [0.15, 0.2) is 0 Å². The number of halogens is 2. The van der Waals surface area contributed by atoms with Gasteiger partial charge in [-0.1, -0.05) is 39.7 Å². The highest BCUT2D eigenvalue weighted by Crippen LogP contribution is 2.19. The number of ketones is 1. The molecular weight excluding hydrogens is 368 g/mol. The first-order chi connectivity index (χ1) is 10.2. The number of alkyl halides is 1. The number of Topliss-reactive ketones (excluding diaryl/α,β-unsaturated/α-hetero) is 1. The minimum absolute atomic E-state index is 0.0196. The molecule has 0 aliphatic heterocycles. The maximum atomic E-state index is 12.2. The highest BCUT2D eigenvalue weighted by atomic mass is 79.9. The second-order valence-corrected chi connectivity index (χ2v) is 7.98. The quantitative estimate of drug-likeness (QED) is 0.681. The largest absolute Gasteiger partial charge is 0.396 e. The molecule has 0 bridgehead atoms. The number of aliphatic hydroxyl groups excluding tert-OH is 1. The Hall–Kier alpha value is -0.420. The zero-order chi connectivity index (χ0) is 16.8. The summed E-state index contributed by atoms with van der Waals surface area (Å²) in [4.78, 5) is 11.9. The van der Waals surface area contributed by atoms with Crippen LogP contribution in [0.15, 0.2) is 24.3 Å². The van der Waals surface area contributed by atoms with E-state index < -0.39 is 0 Å². The van der Waals surface area contributed by atoms with Crippen LogP contribution in [0.2, 0.25) is 5.02 Å². The Morgan fingerprint density at radius 1 is 1.32 bits per heavy atom. The Kier molecular flexibility index (Phi) is 8.04. The van der Waals surface area contributed by atoms with Crippen LogP contribution in [0.5, 0.6) is 0 Å². The number of benzene rings is 1. The van der Waals surface area contributed by atoms with Crippen LogP contribution in [0.1, 0.15) is 32.8 Å². The molecule has 3 nitrogen and oxygen atoms in total. The Morgan fingerprint density at radius 2 is 1.91 bits per heavy atom. The lowest BCUT2D eigenvalue weighted by Crippen LogP contribution is -2.29. The molecule has 1 aromatic carbocycles. The molecular formula is C17H24BrClO3. The summed E-state index contributed by atoms with van der Waals surface area (Å²) in [5.41, 5.74) is 0.791. The van der Waals surface area contributed by atoms with Crippen LogP contribution >= 0.6 is 27.5 Å². The van der Waals surface area contributed by atoms with Gasteiger partial charge >= 0.3 is 0 Å². The van der Waals surface area contributed by atoms with E-state index in [0.717, 1.165) is 5.56 Å². The van der Waals surface area contributed by atoms with Crippen LogP contribution in [0.3, 0.4) is 0 Å². The molecule has 0 spiro atoms. The summed E-state index contributed by atoms with van der Waals surface area (Å²) in [6.07, 6.45) is 0.974. The molecule has 0 radical (unpaired) electrons. The number of hydrogen-bond acceptors (Lipinski definition) is 3. The van der Waals surface area contributed by atoms with Crippen molar-refractivity contribution in [3.05, 3.63) is 34.9 Å². The topological polar surface area (TPSA) is 46.5 Å². The lowest BCUT2D eigenvalue weighted by molar-refractivity contribution is -0.121. The van der Waals surface area contributed by atoms with E-state index in [1.54, 1.807) is 0 Å². The fourth-order valence-electron chi connectivity index (χ4n) is 1.98. The summed E-state index contributed by atoms with van der Waals surface area (Å²) in [6.45, 7) is 6.17. The van der Waals surface area contributed by atoms with Crippen molar-refractivity contribution < 1.29 is 14.6 Å². The fraction of sp³-hybridized carbons (Fsp3) is 0.588. The number of carbonyl (C=O) groups excluding carboxylic acids is 1. The van der Waals surface area contributed by atoms with Crippen molar-refractivity contribution >= 4 is 33.3 Å². The zero-order valence-electron chi connectivity index (χ0n) is 13.3. The van der Waals surface area contributed by atoms with Crippen LogP contribution < -0.4 is 0 Å². The predicted octanol–water partition coefficient (Wildman–Crippen LogP) is 4.03. The molecule has 0 aliphatic carbocycles. The standard InChI is InChI=1S/C17H24BrClO3/c1-17(2,3)22-11-15(18)16(21)9-13(10-20)8-12-4-6-14(19)7-5-12/h4-7,13,15,20H,8-11H2,1-3H3/t13?,15-/m1/s1. The van der Waals surface area contributed by atoms with Gasteiger partial charge in [-0.2, -0.15) is 0 Å². The smallest absolute Gasteiger partial charge is 0.149 e. The second kappa shape index (κ2) is 9.02. The Balaban J connectivity index is 2.50. The lowest BCUT2D eigenvalue weighted by Gasteiger charge is -2.22. The first-order valence-electron chi connectivity index (χ1n) is 7.37. The first-order valence-corrected chi connectivity index (χ1v) is 8.66. The molecule has 5 heteroatoms. The fourth-order valence-corrected chi connectivity index (χ4v) is 2.43. The third kappa shape index (κ3) is 7.73. The third-order valence-electron chi connectivity index (χ3n) is 3.20. The van der Waals surface area contributed by atoms with Crippen molar-refractivity contribution in [2.24, 2.45) is 5.92 Å². The predicted molar refractivity (Wildman–Crippen MR) is 93.8 cm³/mol. The van der Waals surface area contributed by atoms with Crippen molar-refractivity contribution in [2.45, 2.75) is 44.0 Å². The first kappa shape index (κ1) is 19.6. The van der Waals surface area contributed by atoms with Crippen LogP contribution in [0.4, 0.5) is 0 Å². The number of hydrogen-bond donors (Lipinski definition) is 1. The second-order valence-electron chi connectivity index (χ2n) is 6.44. The van der Waals surface area contributed by atoms with Crippen LogP contribution in [0, 0.1) is 5.92 Å². The molecule has 0 heterocycles. The van der Waals surface area contributed by atoms with Crippen molar-refractivity contribution in [1.29, 1.82) is 0 Å². The molecule has 1 aromatic rings. The van der Waals surface area contributed by atoms with Crippen molar-refractivity contribution in [3.8, 4) is 0 Å². The number of ether oxygens (including phenoxy) is 1. The average Bonchev–Trinajstić information content (AvgIpc) is 2.45. The van der Waals surface area contributed by atoms with E-state index in [1.165, 1.54) is 0 Å². The lowest BCUT2D eigenvalue weighted by atomic mass is 9.94. The van der Waals surface area contributed by atoms with E-state index in [0.29, 0.717) is 24.5 Å². The van der Waals surface area contributed by atoms with E-state index in [-0.39, 0.29) is 28.7 Å². The summed E-state index contributed by atoms with van der Waals surface area (Å²) in [5.74, 6) is -0.0411. The summed E-state index contributed by atoms with van der Waals surface area (Å²) in [7, 11) is 0. The van der Waals surface area contributed by atoms with Gasteiger partial charge in [-0.3, -0.25) is 4.79 Å². The maximum absolute atomic E-state index is 12.2. The highest BCUT2D eigenvalue weighted by molar-refractivity contribution is 9.10. The van der Waals surface area contributed by atoms with Crippen LogP contribution in [-0.2, 0) is 16.0 Å². The molecule has 1 N–H and O–H groups in total. The number of carbonyl (C=O) groups is 1. The van der Waals surface area contributed by atoms with Gasteiger partial charge in [-0.05, 0) is 50.8 Å². The van der Waals surface area contributed by atoms with Crippen molar-refractivity contribution in [3.63, 3.8) is 0 Å². The molecule has 0 amide bonds. The minimum atomic E-state index is -0.342. The summed E-state index contributed by atoms with van der Waals surface area (Å²) in [6, 6.07) is 7.48. The van der Waals surface area contributed by atoms with E-state index in [4.69, 9.17) is 16.3 Å². The SMILES string of the molecule is CC(C)(C)OC[C@@H](Br)C(=O)CC(CO)Cc1ccc(Cl)cc1. The minimum Gasteiger partial charge on any atom is -0.396 e. The van der Waals surface area contributed by atoms with Crippen molar-refractivity contribution in [1.82, 2.24) is 0 Å². The third-order valence-corrected chi connectivity index (χ3v) is 4.22. The van der Waals surface area contributed by atoms with Crippen LogP contribution in [0.25, 0.3) is 0 Å². The Bertz CT molecular complexity index is 468. The highest BCUT2D eigenvalue weighted by Gasteiger charge is 2.22. The van der Waals surface area contributed by atoms with Gasteiger partial charge in [-0.15, -0.1) is 0 Å². The molecule has 0 saturated heterocycles. The van der Waals surface area contributed by atoms with Gasteiger partial charge in [-0.25, -0.2) is 0 Å². The normalized spacial score (nSPS) is 14.6. The van der Waals surface area contributed by atoms with E-state index >= 15 is 0 Å². The van der Waals surface area contributed by atoms with Gasteiger partial charge in [0.05, 0.1) is 17.0 Å². The van der Waals surface area contributed by atoms with Gasteiger partial charge in [0.25, 0.3) is 0 Å². The maximum Gasteiger partial charge on any atom is 0.149 e. The Labute approximate surface area is 146 Å². The van der Waals surface area contributed by atoms with E-state index in [2.05, 4.69) is 15.9 Å². The van der Waals surface area contributed by atoms with E-state index in [1.807, 2.05) is 45.0 Å². The van der Waals surface area contributed by atoms with Gasteiger partial charge in [0.1, 0.15) is 5.78 Å². The molecule has 22 heavy (non-hydrogen) atoms. The van der Waals surface area contributed by atoms with Crippen LogP contribution in [-0.4, -0.2) is 34.5 Å². The summed E-state index contributed by atoms with van der Waals surface area (Å²) >= 11 is 9.23. The molecule has 0 aromatic heterocycles. The molecule has 0 saturated carbocycles. The summed E-state index contributed by atoms with van der Waals surface area (Å²) in [5, 5.41) is 10.2. The monoisotopic (exact) mass is 390 g/mol. The van der Waals surface area contributed by atoms with Gasteiger partial charge in [0, 0.05) is 18.1 Å². The molecule has 0 aliphatic rings. The summed E-state index contributed by atoms with van der Waals surface area (Å²) < 4.78 is 5.61. The molecule has 1 unspecified atom stereocenters. The van der Waals surface area contributed by atoms with Crippen molar-refractivity contribution in [2.75, 3.05) is 13.2 Å².